The number of nitrogens with zero attached hydrogens (tertiary/aromatic N) is 1. The fourth-order valence-corrected chi connectivity index (χ4v) is 4.75. The van der Waals surface area contributed by atoms with Gasteiger partial charge in [-0.2, -0.15) is 0 Å². The molecule has 3 aromatic carbocycles. The summed E-state index contributed by atoms with van der Waals surface area (Å²) in [4.78, 5) is 27.5. The van der Waals surface area contributed by atoms with Crippen LogP contribution >= 0.6 is 0 Å². The number of nitrogens with one attached hydrogen (secondary N) is 3. The van der Waals surface area contributed by atoms with E-state index in [1.165, 1.54) is 12.1 Å². The van der Waals surface area contributed by atoms with Crippen LogP contribution in [0.3, 0.4) is 0 Å². The normalized spacial score (nSPS) is 21.0. The summed E-state index contributed by atoms with van der Waals surface area (Å²) >= 11 is 0. The zero-order valence-electron chi connectivity index (χ0n) is 19.6. The molecule has 2 amide bonds. The summed E-state index contributed by atoms with van der Waals surface area (Å²) in [6.45, 7) is 6.26. The van der Waals surface area contributed by atoms with Gasteiger partial charge in [0.25, 0.3) is 11.8 Å². The predicted octanol–water partition coefficient (Wildman–Crippen LogP) is 4.40. The van der Waals surface area contributed by atoms with E-state index in [0.29, 0.717) is 28.8 Å². The summed E-state index contributed by atoms with van der Waals surface area (Å²) in [5.41, 5.74) is 4.89. The Morgan fingerprint density at radius 2 is 1.51 bits per heavy atom. The average Bonchev–Trinajstić information content (AvgIpc) is 2.84. The maximum atomic E-state index is 13.3. The van der Waals surface area contributed by atoms with Crippen LogP contribution in [0.5, 0.6) is 0 Å². The van der Waals surface area contributed by atoms with Crippen LogP contribution in [-0.4, -0.2) is 37.0 Å². The zero-order chi connectivity index (χ0) is 24.5. The van der Waals surface area contributed by atoms with Crippen molar-refractivity contribution in [1.29, 1.82) is 0 Å². The van der Waals surface area contributed by atoms with Gasteiger partial charge in [-0.15, -0.1) is 0 Å². The van der Waals surface area contributed by atoms with Crippen molar-refractivity contribution in [2.45, 2.75) is 25.9 Å². The number of hydrogen-bond donors (Lipinski definition) is 3. The summed E-state index contributed by atoms with van der Waals surface area (Å²) < 4.78 is 13.3. The quantitative estimate of drug-likeness (QED) is 0.389. The highest BCUT2D eigenvalue weighted by Crippen LogP contribution is 2.30. The summed E-state index contributed by atoms with van der Waals surface area (Å²) in [5, 5.41) is 9.14. The number of rotatable bonds is 4. The number of anilines is 2. The maximum Gasteiger partial charge on any atom is 0.260 e. The third-order valence-electron chi connectivity index (χ3n) is 6.38. The highest BCUT2D eigenvalue weighted by atomic mass is 19.1. The number of halogens is 1. The molecule has 2 atom stereocenters. The number of benzene rings is 3. The molecular formula is C28H27FN4O2. The lowest BCUT2D eigenvalue weighted by molar-refractivity contribution is -0.114. The molecular weight excluding hydrogens is 443 g/mol. The molecule has 7 heteroatoms. The summed E-state index contributed by atoms with van der Waals surface area (Å²) in [5.74, 6) is -1.22. The Bertz CT molecular complexity index is 1290. The van der Waals surface area contributed by atoms with Crippen LogP contribution in [0.1, 0.15) is 29.8 Å². The monoisotopic (exact) mass is 470 g/mol. The van der Waals surface area contributed by atoms with Crippen molar-refractivity contribution in [3.63, 3.8) is 0 Å². The summed E-state index contributed by atoms with van der Waals surface area (Å²) in [7, 11) is 0. The van der Waals surface area contributed by atoms with Crippen LogP contribution in [0.25, 0.3) is 16.7 Å². The highest BCUT2D eigenvalue weighted by molar-refractivity contribution is 6.31. The lowest BCUT2D eigenvalue weighted by Crippen LogP contribution is -2.54. The van der Waals surface area contributed by atoms with Crippen molar-refractivity contribution in [2.75, 3.05) is 23.3 Å². The van der Waals surface area contributed by atoms with Crippen molar-refractivity contribution in [1.82, 2.24) is 10.6 Å². The first-order chi connectivity index (χ1) is 16.9. The van der Waals surface area contributed by atoms with E-state index in [9.17, 15) is 14.0 Å². The summed E-state index contributed by atoms with van der Waals surface area (Å²) in [6, 6.07) is 20.3. The first kappa shape index (κ1) is 22.8. The van der Waals surface area contributed by atoms with Gasteiger partial charge in [-0.3, -0.25) is 14.9 Å². The van der Waals surface area contributed by atoms with Crippen molar-refractivity contribution in [3.8, 4) is 11.1 Å². The molecule has 3 aromatic rings. The molecule has 0 spiro atoms. The average molecular weight is 471 g/mol. The first-order valence-electron chi connectivity index (χ1n) is 11.7. The summed E-state index contributed by atoms with van der Waals surface area (Å²) in [6.07, 6.45) is 1.62. The van der Waals surface area contributed by atoms with Gasteiger partial charge < -0.3 is 15.5 Å². The van der Waals surface area contributed by atoms with Crippen LogP contribution in [0.15, 0.2) is 72.9 Å². The van der Waals surface area contributed by atoms with Gasteiger partial charge in [-0.25, -0.2) is 4.39 Å². The van der Waals surface area contributed by atoms with Gasteiger partial charge in [0.1, 0.15) is 5.82 Å². The Morgan fingerprint density at radius 3 is 2.20 bits per heavy atom. The standard InChI is InChI=1S/C28H27FN4O2/c1-17-15-33(16-18(2)31-17)23-10-8-22(9-11-23)30-14-26-25-13-20(19-3-6-21(29)7-4-19)5-12-24(25)27(34)32-28(26)35/h3-14,17-18,30-31H,15-16H2,1-2H3,(H,32,34,35)/b26-14-. The second kappa shape index (κ2) is 9.35. The van der Waals surface area contributed by atoms with Crippen molar-refractivity contribution < 1.29 is 14.0 Å². The second-order valence-electron chi connectivity index (χ2n) is 9.17. The van der Waals surface area contributed by atoms with E-state index < -0.39 is 11.8 Å². The van der Waals surface area contributed by atoms with E-state index in [-0.39, 0.29) is 5.82 Å². The van der Waals surface area contributed by atoms with Gasteiger partial charge in [0.2, 0.25) is 0 Å². The molecule has 0 aliphatic carbocycles. The minimum atomic E-state index is -0.466. The zero-order valence-corrected chi connectivity index (χ0v) is 19.6. The lowest BCUT2D eigenvalue weighted by Gasteiger charge is -2.37. The van der Waals surface area contributed by atoms with E-state index in [2.05, 4.69) is 46.8 Å². The van der Waals surface area contributed by atoms with Gasteiger partial charge in [-0.05, 0) is 73.5 Å². The second-order valence-corrected chi connectivity index (χ2v) is 9.17. The third kappa shape index (κ3) is 4.81. The van der Waals surface area contributed by atoms with Crippen molar-refractivity contribution in [3.05, 3.63) is 89.9 Å². The van der Waals surface area contributed by atoms with Crippen LogP contribution in [0, 0.1) is 5.82 Å². The molecule has 6 nitrogen and oxygen atoms in total. The molecule has 35 heavy (non-hydrogen) atoms. The maximum absolute atomic E-state index is 13.3. The topological polar surface area (TPSA) is 73.5 Å². The Labute approximate surface area is 203 Å². The van der Waals surface area contributed by atoms with Crippen LogP contribution in [-0.2, 0) is 4.79 Å². The van der Waals surface area contributed by atoms with E-state index >= 15 is 0 Å². The molecule has 2 unspecified atom stereocenters. The van der Waals surface area contributed by atoms with E-state index in [1.807, 2.05) is 12.1 Å². The predicted molar refractivity (Wildman–Crippen MR) is 137 cm³/mol. The highest BCUT2D eigenvalue weighted by Gasteiger charge is 2.27. The smallest absolute Gasteiger partial charge is 0.260 e. The molecule has 0 radical (unpaired) electrons. The fraction of sp³-hybridized carbons (Fsp3) is 0.214. The third-order valence-corrected chi connectivity index (χ3v) is 6.38. The first-order valence-corrected chi connectivity index (χ1v) is 11.7. The minimum Gasteiger partial charge on any atom is -0.368 e. The molecule has 5 rings (SSSR count). The Balaban J connectivity index is 1.40. The number of fused-ring (bicyclic) bond motifs is 1. The van der Waals surface area contributed by atoms with Crippen LogP contribution in [0.4, 0.5) is 15.8 Å². The molecule has 2 aliphatic heterocycles. The largest absolute Gasteiger partial charge is 0.368 e. The molecule has 0 bridgehead atoms. The van der Waals surface area contributed by atoms with E-state index in [4.69, 9.17) is 0 Å². The fourth-order valence-electron chi connectivity index (χ4n) is 4.75. The Hall–Kier alpha value is -3.97. The molecule has 0 aromatic heterocycles. The number of imide groups is 1. The van der Waals surface area contributed by atoms with Crippen LogP contribution in [0.2, 0.25) is 0 Å². The minimum absolute atomic E-state index is 0.321. The van der Waals surface area contributed by atoms with Gasteiger partial charge in [0, 0.05) is 53.9 Å². The Morgan fingerprint density at radius 1 is 0.857 bits per heavy atom. The molecule has 1 saturated heterocycles. The SMILES string of the molecule is CC1CN(c2ccc(N/C=C3\C(=O)NC(=O)c4ccc(-c5ccc(F)cc5)cc43)cc2)CC(C)N1. The van der Waals surface area contributed by atoms with Crippen molar-refractivity contribution >= 4 is 28.8 Å². The molecule has 0 saturated carbocycles. The van der Waals surface area contributed by atoms with Crippen LogP contribution < -0.4 is 20.9 Å². The molecule has 2 aliphatic rings. The number of piperazine rings is 1. The molecule has 2 heterocycles. The molecule has 178 valence electrons. The van der Waals surface area contributed by atoms with E-state index in [1.54, 1.807) is 36.5 Å². The molecule has 1 fully saturated rings. The van der Waals surface area contributed by atoms with Gasteiger partial charge in [0.05, 0.1) is 5.57 Å². The number of carbonyl (C=O) groups excluding carboxylic acids is 2. The number of carbonyl (C=O) groups is 2. The lowest BCUT2D eigenvalue weighted by atomic mass is 9.91. The number of hydrogen-bond acceptors (Lipinski definition) is 5. The Kier molecular flexibility index (Phi) is 6.09. The van der Waals surface area contributed by atoms with E-state index in [0.717, 1.165) is 35.6 Å². The molecule has 3 N–H and O–H groups in total. The van der Waals surface area contributed by atoms with Gasteiger partial charge in [-0.1, -0.05) is 18.2 Å². The van der Waals surface area contributed by atoms with Crippen molar-refractivity contribution in [2.24, 2.45) is 0 Å². The number of amides is 2. The van der Waals surface area contributed by atoms with Gasteiger partial charge in [0.15, 0.2) is 0 Å². The van der Waals surface area contributed by atoms with Gasteiger partial charge >= 0.3 is 0 Å².